The molecular formula is C25H16Cl2FN3O3. The average Bonchev–Trinajstić information content (AvgIpc) is 3.24. The summed E-state index contributed by atoms with van der Waals surface area (Å²) in [6.07, 6.45) is 0. The number of hydrogen-bond donors (Lipinski definition) is 2. The minimum atomic E-state index is -0.756. The number of H-pyrrole nitrogens is 1. The van der Waals surface area contributed by atoms with Crippen molar-refractivity contribution in [2.45, 2.75) is 13.5 Å². The SMILES string of the molecule is CC(=O)c1ccc2cc(C(=O)NCc3ccc(Cl)c(Oc4cc(Cl)cc(C#N)c4)c3F)[nH]c2c1. The van der Waals surface area contributed by atoms with E-state index in [-0.39, 0.29) is 50.7 Å². The van der Waals surface area contributed by atoms with Crippen LogP contribution >= 0.6 is 23.2 Å². The third kappa shape index (κ3) is 4.88. The number of aromatic amines is 1. The van der Waals surface area contributed by atoms with E-state index >= 15 is 4.39 Å². The van der Waals surface area contributed by atoms with E-state index in [1.165, 1.54) is 37.3 Å². The van der Waals surface area contributed by atoms with Crippen LogP contribution in [0.5, 0.6) is 11.5 Å². The Morgan fingerprint density at radius 3 is 2.65 bits per heavy atom. The number of ether oxygens (including phenoxy) is 1. The second-order valence-corrected chi connectivity index (χ2v) is 8.31. The zero-order valence-corrected chi connectivity index (χ0v) is 19.2. The van der Waals surface area contributed by atoms with Crippen LogP contribution in [0.15, 0.2) is 54.6 Å². The molecule has 0 atom stereocenters. The number of nitrogens with zero attached hydrogens (tertiary/aromatic N) is 1. The summed E-state index contributed by atoms with van der Waals surface area (Å²) < 4.78 is 20.7. The van der Waals surface area contributed by atoms with Crippen molar-refractivity contribution >= 4 is 45.8 Å². The molecule has 170 valence electrons. The van der Waals surface area contributed by atoms with Crippen molar-refractivity contribution in [3.8, 4) is 17.6 Å². The molecule has 0 bridgehead atoms. The minimum absolute atomic E-state index is 0.0166. The van der Waals surface area contributed by atoms with Crippen LogP contribution in [0.4, 0.5) is 4.39 Å². The second-order valence-electron chi connectivity index (χ2n) is 7.46. The Morgan fingerprint density at radius 2 is 1.91 bits per heavy atom. The first kappa shape index (κ1) is 23.3. The maximum atomic E-state index is 15.1. The summed E-state index contributed by atoms with van der Waals surface area (Å²) in [5.41, 5.74) is 1.83. The van der Waals surface area contributed by atoms with E-state index in [0.717, 1.165) is 5.39 Å². The van der Waals surface area contributed by atoms with Gasteiger partial charge in [0.2, 0.25) is 0 Å². The van der Waals surface area contributed by atoms with Crippen LogP contribution in [-0.4, -0.2) is 16.7 Å². The molecule has 0 aliphatic heterocycles. The summed E-state index contributed by atoms with van der Waals surface area (Å²) >= 11 is 12.1. The molecule has 0 radical (unpaired) electrons. The molecule has 0 saturated heterocycles. The third-order valence-electron chi connectivity index (χ3n) is 5.06. The van der Waals surface area contributed by atoms with Crippen molar-refractivity contribution < 1.29 is 18.7 Å². The van der Waals surface area contributed by atoms with E-state index in [0.29, 0.717) is 11.1 Å². The fourth-order valence-electron chi connectivity index (χ4n) is 3.35. The molecule has 2 N–H and O–H groups in total. The van der Waals surface area contributed by atoms with Crippen molar-refractivity contribution in [2.24, 2.45) is 0 Å². The first-order valence-electron chi connectivity index (χ1n) is 10.0. The molecule has 0 aliphatic rings. The average molecular weight is 496 g/mol. The van der Waals surface area contributed by atoms with Gasteiger partial charge in [-0.2, -0.15) is 5.26 Å². The first-order chi connectivity index (χ1) is 16.2. The Bertz CT molecular complexity index is 1490. The lowest BCUT2D eigenvalue weighted by atomic mass is 10.1. The van der Waals surface area contributed by atoms with Gasteiger partial charge in [0, 0.05) is 33.6 Å². The number of nitriles is 1. The van der Waals surface area contributed by atoms with Gasteiger partial charge in [0.1, 0.15) is 11.4 Å². The number of amides is 1. The highest BCUT2D eigenvalue weighted by Gasteiger charge is 2.17. The number of carbonyl (C=O) groups excluding carboxylic acids is 2. The summed E-state index contributed by atoms with van der Waals surface area (Å²) in [7, 11) is 0. The fourth-order valence-corrected chi connectivity index (χ4v) is 3.76. The normalized spacial score (nSPS) is 10.7. The van der Waals surface area contributed by atoms with Crippen LogP contribution in [0.2, 0.25) is 10.0 Å². The van der Waals surface area contributed by atoms with Crippen LogP contribution in [0.3, 0.4) is 0 Å². The zero-order valence-electron chi connectivity index (χ0n) is 17.7. The molecule has 9 heteroatoms. The molecule has 34 heavy (non-hydrogen) atoms. The van der Waals surface area contributed by atoms with E-state index in [1.54, 1.807) is 24.3 Å². The maximum Gasteiger partial charge on any atom is 0.267 e. The molecular weight excluding hydrogens is 480 g/mol. The molecule has 0 spiro atoms. The number of halogens is 3. The number of benzene rings is 3. The van der Waals surface area contributed by atoms with E-state index in [2.05, 4.69) is 10.3 Å². The monoisotopic (exact) mass is 495 g/mol. The van der Waals surface area contributed by atoms with Crippen LogP contribution in [0, 0.1) is 17.1 Å². The number of rotatable bonds is 6. The van der Waals surface area contributed by atoms with Gasteiger partial charge in [0.25, 0.3) is 5.91 Å². The molecule has 1 amide bonds. The quantitative estimate of drug-likeness (QED) is 0.302. The molecule has 1 heterocycles. The van der Waals surface area contributed by atoms with Crippen molar-refractivity contribution in [2.75, 3.05) is 0 Å². The predicted octanol–water partition coefficient (Wildman–Crippen LogP) is 6.41. The molecule has 0 unspecified atom stereocenters. The smallest absolute Gasteiger partial charge is 0.267 e. The number of Topliss-reactive ketones (excluding diaryl/α,β-unsaturated/α-hetero) is 1. The Kier molecular flexibility index (Phi) is 6.55. The van der Waals surface area contributed by atoms with Crippen LogP contribution in [-0.2, 0) is 6.54 Å². The van der Waals surface area contributed by atoms with Crippen LogP contribution in [0.1, 0.15) is 38.9 Å². The summed E-state index contributed by atoms with van der Waals surface area (Å²) in [4.78, 5) is 27.2. The van der Waals surface area contributed by atoms with Crippen molar-refractivity contribution in [3.05, 3.63) is 92.8 Å². The lowest BCUT2D eigenvalue weighted by Gasteiger charge is -2.13. The number of hydrogen-bond acceptors (Lipinski definition) is 4. The van der Waals surface area contributed by atoms with Gasteiger partial charge in [0.05, 0.1) is 16.7 Å². The molecule has 0 fully saturated rings. The van der Waals surface area contributed by atoms with Crippen LogP contribution < -0.4 is 10.1 Å². The largest absolute Gasteiger partial charge is 0.453 e. The maximum absolute atomic E-state index is 15.1. The third-order valence-corrected chi connectivity index (χ3v) is 5.58. The van der Waals surface area contributed by atoms with Gasteiger partial charge in [-0.15, -0.1) is 0 Å². The second kappa shape index (κ2) is 9.56. The lowest BCUT2D eigenvalue weighted by Crippen LogP contribution is -2.23. The van der Waals surface area contributed by atoms with Gasteiger partial charge in [-0.05, 0) is 43.3 Å². The Balaban J connectivity index is 1.53. The highest BCUT2D eigenvalue weighted by atomic mass is 35.5. The van der Waals surface area contributed by atoms with Gasteiger partial charge in [-0.3, -0.25) is 9.59 Å². The van der Waals surface area contributed by atoms with E-state index in [9.17, 15) is 9.59 Å². The molecule has 3 aromatic carbocycles. The topological polar surface area (TPSA) is 95.0 Å². The minimum Gasteiger partial charge on any atom is -0.453 e. The molecule has 1 aromatic heterocycles. The van der Waals surface area contributed by atoms with Gasteiger partial charge in [-0.1, -0.05) is 41.4 Å². The van der Waals surface area contributed by atoms with E-state index in [4.69, 9.17) is 33.2 Å². The number of carbonyl (C=O) groups is 2. The number of ketones is 1. The highest BCUT2D eigenvalue weighted by molar-refractivity contribution is 6.32. The Hall–Kier alpha value is -3.86. The summed E-state index contributed by atoms with van der Waals surface area (Å²) in [5, 5.41) is 12.8. The molecule has 4 rings (SSSR count). The van der Waals surface area contributed by atoms with Gasteiger partial charge in [0.15, 0.2) is 17.3 Å². The molecule has 4 aromatic rings. The number of aromatic nitrogens is 1. The molecule has 0 aliphatic carbocycles. The Morgan fingerprint density at radius 1 is 1.12 bits per heavy atom. The molecule has 0 saturated carbocycles. The van der Waals surface area contributed by atoms with Crippen molar-refractivity contribution in [1.29, 1.82) is 5.26 Å². The van der Waals surface area contributed by atoms with Gasteiger partial charge >= 0.3 is 0 Å². The fraction of sp³-hybridized carbons (Fsp3) is 0.0800. The predicted molar refractivity (Wildman–Crippen MR) is 127 cm³/mol. The number of fused-ring (bicyclic) bond motifs is 1. The number of nitrogens with one attached hydrogen (secondary N) is 2. The standard InChI is InChI=1S/C25H16Cl2FN3O3/c1-13(32)15-2-3-16-9-22(31-21(16)8-15)25(33)30-12-17-4-5-20(27)24(23(17)28)34-19-7-14(11-29)6-18(26)10-19/h2-10,31H,12H2,1H3,(H,30,33). The summed E-state index contributed by atoms with van der Waals surface area (Å²) in [6.45, 7) is 1.33. The first-order valence-corrected chi connectivity index (χ1v) is 10.8. The highest BCUT2D eigenvalue weighted by Crippen LogP contribution is 2.35. The van der Waals surface area contributed by atoms with Gasteiger partial charge in [-0.25, -0.2) is 4.39 Å². The van der Waals surface area contributed by atoms with Gasteiger partial charge < -0.3 is 15.0 Å². The summed E-state index contributed by atoms with van der Waals surface area (Å²) in [5.74, 6) is -1.39. The van der Waals surface area contributed by atoms with Crippen molar-refractivity contribution in [3.63, 3.8) is 0 Å². The lowest BCUT2D eigenvalue weighted by molar-refractivity contribution is 0.0945. The zero-order chi connectivity index (χ0) is 24.4. The van der Waals surface area contributed by atoms with E-state index < -0.39 is 11.7 Å². The molecule has 6 nitrogen and oxygen atoms in total. The Labute approximate surface area is 203 Å². The summed E-state index contributed by atoms with van der Waals surface area (Å²) in [6, 6.07) is 15.9. The van der Waals surface area contributed by atoms with E-state index in [1.807, 2.05) is 6.07 Å². The van der Waals surface area contributed by atoms with Crippen LogP contribution in [0.25, 0.3) is 10.9 Å². The van der Waals surface area contributed by atoms with Crippen molar-refractivity contribution in [1.82, 2.24) is 10.3 Å².